The van der Waals surface area contributed by atoms with E-state index in [1.165, 1.54) is 12.3 Å². The van der Waals surface area contributed by atoms with Crippen LogP contribution >= 0.6 is 11.6 Å². The Morgan fingerprint density at radius 1 is 0.889 bits per heavy atom. The standard InChI is InChI=1S/C27H24ClN5O3/c1-35-23-14-13-19(16-24(23)36-2)30-27-29-17-20(28)26(33-27)32-22-11-7-6-10-21(22)31-25(34)15-12-18-8-4-3-5-9-18/h3-17H,1-2H3,(H,31,34)(H2,29,30,32,33). The van der Waals surface area contributed by atoms with Gasteiger partial charge in [-0.2, -0.15) is 4.98 Å². The highest BCUT2D eigenvalue weighted by Gasteiger charge is 2.11. The fourth-order valence-electron chi connectivity index (χ4n) is 3.30. The number of carbonyl (C=O) groups is 1. The first-order valence-corrected chi connectivity index (χ1v) is 11.4. The molecule has 3 N–H and O–H groups in total. The Morgan fingerprint density at radius 2 is 1.61 bits per heavy atom. The van der Waals surface area contributed by atoms with Crippen LogP contribution < -0.4 is 25.4 Å². The van der Waals surface area contributed by atoms with Crippen LogP contribution in [0.5, 0.6) is 11.5 Å². The van der Waals surface area contributed by atoms with E-state index in [0.717, 1.165) is 5.56 Å². The van der Waals surface area contributed by atoms with Gasteiger partial charge in [0.2, 0.25) is 11.9 Å². The van der Waals surface area contributed by atoms with Crippen molar-refractivity contribution in [2.24, 2.45) is 0 Å². The van der Waals surface area contributed by atoms with Crippen LogP contribution in [-0.2, 0) is 4.79 Å². The summed E-state index contributed by atoms with van der Waals surface area (Å²) in [7, 11) is 3.14. The van der Waals surface area contributed by atoms with Gasteiger partial charge in [0.05, 0.1) is 31.8 Å². The van der Waals surface area contributed by atoms with E-state index in [4.69, 9.17) is 21.1 Å². The predicted molar refractivity (Wildman–Crippen MR) is 144 cm³/mol. The third-order valence-electron chi connectivity index (χ3n) is 5.05. The van der Waals surface area contributed by atoms with Gasteiger partial charge in [0.25, 0.3) is 0 Å². The number of amides is 1. The average molecular weight is 502 g/mol. The zero-order valence-electron chi connectivity index (χ0n) is 19.7. The summed E-state index contributed by atoms with van der Waals surface area (Å²) in [5.74, 6) is 1.61. The van der Waals surface area contributed by atoms with Crippen LogP contribution in [0, 0.1) is 0 Å². The Hall–Kier alpha value is -4.56. The lowest BCUT2D eigenvalue weighted by Crippen LogP contribution is -2.10. The first kappa shape index (κ1) is 24.6. The monoisotopic (exact) mass is 501 g/mol. The van der Waals surface area contributed by atoms with Crippen LogP contribution in [0.4, 0.5) is 28.8 Å². The first-order valence-electron chi connectivity index (χ1n) is 11.0. The molecule has 0 bridgehead atoms. The Labute approximate surface area is 214 Å². The third kappa shape index (κ3) is 6.31. The van der Waals surface area contributed by atoms with E-state index in [1.54, 1.807) is 38.5 Å². The molecule has 0 spiro atoms. The number of methoxy groups -OCH3 is 2. The second-order valence-electron chi connectivity index (χ2n) is 7.49. The van der Waals surface area contributed by atoms with Gasteiger partial charge in [0.15, 0.2) is 17.3 Å². The predicted octanol–water partition coefficient (Wildman–Crippen LogP) is 6.29. The molecule has 0 saturated heterocycles. The van der Waals surface area contributed by atoms with Crippen molar-refractivity contribution in [3.63, 3.8) is 0 Å². The summed E-state index contributed by atoms with van der Waals surface area (Å²) >= 11 is 6.36. The summed E-state index contributed by atoms with van der Waals surface area (Å²) in [6.07, 6.45) is 4.72. The summed E-state index contributed by atoms with van der Waals surface area (Å²) < 4.78 is 10.6. The van der Waals surface area contributed by atoms with E-state index in [1.807, 2.05) is 54.6 Å². The minimum Gasteiger partial charge on any atom is -0.493 e. The third-order valence-corrected chi connectivity index (χ3v) is 5.33. The quantitative estimate of drug-likeness (QED) is 0.232. The Kier molecular flexibility index (Phi) is 8.00. The molecule has 1 aromatic heterocycles. The molecular formula is C27H24ClN5O3. The molecule has 182 valence electrons. The van der Waals surface area contributed by atoms with Crippen LogP contribution in [0.2, 0.25) is 5.02 Å². The lowest BCUT2D eigenvalue weighted by atomic mass is 10.2. The summed E-state index contributed by atoms with van der Waals surface area (Å²) in [6.45, 7) is 0. The van der Waals surface area contributed by atoms with Crippen molar-refractivity contribution in [1.82, 2.24) is 9.97 Å². The summed E-state index contributed by atoms with van der Waals surface area (Å²) in [5, 5.41) is 9.51. The van der Waals surface area contributed by atoms with Crippen molar-refractivity contribution in [3.8, 4) is 11.5 Å². The number of anilines is 5. The van der Waals surface area contributed by atoms with E-state index in [0.29, 0.717) is 45.4 Å². The van der Waals surface area contributed by atoms with Gasteiger partial charge < -0.3 is 25.4 Å². The SMILES string of the molecule is COc1ccc(Nc2ncc(Cl)c(Nc3ccccc3NC(=O)C=Cc3ccccc3)n2)cc1OC. The van der Waals surface area contributed by atoms with Crippen molar-refractivity contribution in [3.05, 3.63) is 95.7 Å². The number of carbonyl (C=O) groups excluding carboxylic acids is 1. The van der Waals surface area contributed by atoms with Gasteiger partial charge in [-0.3, -0.25) is 4.79 Å². The number of aromatic nitrogens is 2. The molecular weight excluding hydrogens is 478 g/mol. The molecule has 0 aliphatic heterocycles. The van der Waals surface area contributed by atoms with Crippen LogP contribution in [0.15, 0.2) is 85.1 Å². The van der Waals surface area contributed by atoms with Crippen molar-refractivity contribution in [2.45, 2.75) is 0 Å². The lowest BCUT2D eigenvalue weighted by Gasteiger charge is -2.14. The van der Waals surface area contributed by atoms with Crippen LogP contribution in [0.1, 0.15) is 5.56 Å². The minimum atomic E-state index is -0.266. The molecule has 0 aliphatic carbocycles. The highest BCUT2D eigenvalue weighted by Crippen LogP contribution is 2.32. The molecule has 1 heterocycles. The van der Waals surface area contributed by atoms with Gasteiger partial charge in [0.1, 0.15) is 5.02 Å². The molecule has 0 aliphatic rings. The number of hydrogen-bond donors (Lipinski definition) is 3. The van der Waals surface area contributed by atoms with Crippen molar-refractivity contribution < 1.29 is 14.3 Å². The maximum Gasteiger partial charge on any atom is 0.248 e. The van der Waals surface area contributed by atoms with Crippen LogP contribution in [0.25, 0.3) is 6.08 Å². The highest BCUT2D eigenvalue weighted by molar-refractivity contribution is 6.33. The van der Waals surface area contributed by atoms with Gasteiger partial charge >= 0.3 is 0 Å². The normalized spacial score (nSPS) is 10.6. The smallest absolute Gasteiger partial charge is 0.248 e. The van der Waals surface area contributed by atoms with Crippen molar-refractivity contribution in [1.29, 1.82) is 0 Å². The summed E-state index contributed by atoms with van der Waals surface area (Å²) in [6, 6.07) is 22.2. The summed E-state index contributed by atoms with van der Waals surface area (Å²) in [4.78, 5) is 21.3. The Balaban J connectivity index is 1.50. The molecule has 4 rings (SSSR count). The largest absolute Gasteiger partial charge is 0.493 e. The van der Waals surface area contributed by atoms with E-state index in [-0.39, 0.29) is 5.91 Å². The molecule has 4 aromatic rings. The maximum atomic E-state index is 12.5. The molecule has 0 saturated carbocycles. The molecule has 1 amide bonds. The van der Waals surface area contributed by atoms with Crippen LogP contribution in [-0.4, -0.2) is 30.1 Å². The Morgan fingerprint density at radius 3 is 2.36 bits per heavy atom. The fraction of sp³-hybridized carbons (Fsp3) is 0.0741. The molecule has 3 aromatic carbocycles. The number of benzene rings is 3. The van der Waals surface area contributed by atoms with Gasteiger partial charge in [-0.15, -0.1) is 0 Å². The second-order valence-corrected chi connectivity index (χ2v) is 7.90. The van der Waals surface area contributed by atoms with Gasteiger partial charge in [-0.25, -0.2) is 4.98 Å². The number of nitrogens with one attached hydrogen (secondary N) is 3. The highest BCUT2D eigenvalue weighted by atomic mass is 35.5. The number of nitrogens with zero attached hydrogens (tertiary/aromatic N) is 2. The van der Waals surface area contributed by atoms with Gasteiger partial charge in [-0.05, 0) is 35.9 Å². The zero-order valence-corrected chi connectivity index (χ0v) is 20.4. The van der Waals surface area contributed by atoms with E-state index >= 15 is 0 Å². The second kappa shape index (κ2) is 11.7. The molecule has 0 unspecified atom stereocenters. The topological polar surface area (TPSA) is 97.4 Å². The first-order chi connectivity index (χ1) is 17.6. The van der Waals surface area contributed by atoms with Gasteiger partial charge in [-0.1, -0.05) is 54.1 Å². The van der Waals surface area contributed by atoms with Crippen molar-refractivity contribution >= 4 is 52.4 Å². The molecule has 0 fully saturated rings. The number of para-hydroxylation sites is 2. The molecule has 9 heteroatoms. The Bertz CT molecular complexity index is 1380. The van der Waals surface area contributed by atoms with E-state index < -0.39 is 0 Å². The summed E-state index contributed by atoms with van der Waals surface area (Å²) in [5.41, 5.74) is 2.83. The average Bonchev–Trinajstić information content (AvgIpc) is 2.91. The van der Waals surface area contributed by atoms with Crippen molar-refractivity contribution in [2.75, 3.05) is 30.2 Å². The number of halogens is 1. The minimum absolute atomic E-state index is 0.266. The fourth-order valence-corrected chi connectivity index (χ4v) is 3.44. The molecule has 0 radical (unpaired) electrons. The van der Waals surface area contributed by atoms with Gasteiger partial charge in [0, 0.05) is 17.8 Å². The number of rotatable bonds is 9. The molecule has 36 heavy (non-hydrogen) atoms. The lowest BCUT2D eigenvalue weighted by molar-refractivity contribution is -0.111. The number of ether oxygens (including phenoxy) is 2. The number of hydrogen-bond acceptors (Lipinski definition) is 7. The van der Waals surface area contributed by atoms with E-state index in [9.17, 15) is 4.79 Å². The van der Waals surface area contributed by atoms with Crippen LogP contribution in [0.3, 0.4) is 0 Å². The zero-order chi connectivity index (χ0) is 25.3. The van der Waals surface area contributed by atoms with E-state index in [2.05, 4.69) is 25.9 Å². The maximum absolute atomic E-state index is 12.5. The molecule has 8 nitrogen and oxygen atoms in total. The molecule has 0 atom stereocenters.